The maximum atomic E-state index is 13.1. The van der Waals surface area contributed by atoms with Crippen LogP contribution in [0.3, 0.4) is 0 Å². The minimum atomic E-state index is -0.535. The molecule has 1 heterocycles. The molecule has 3 rings (SSSR count). The smallest absolute Gasteiger partial charge is 0.363 e. The van der Waals surface area contributed by atoms with Crippen LogP contribution in [0, 0.1) is 5.82 Å². The summed E-state index contributed by atoms with van der Waals surface area (Å²) in [5.74, 6) is -0.0135. The molecular weight excluding hydrogens is 345 g/mol. The zero-order chi connectivity index (χ0) is 19.1. The maximum Gasteiger partial charge on any atom is 0.363 e. The van der Waals surface area contributed by atoms with E-state index in [9.17, 15) is 9.18 Å². The van der Waals surface area contributed by atoms with Crippen LogP contribution < -0.4 is 4.74 Å². The number of hydrogen-bond acceptors (Lipinski definition) is 4. The number of rotatable bonds is 8. The normalized spacial score (nSPS) is 15.0. The molecule has 1 aliphatic rings. The van der Waals surface area contributed by atoms with Gasteiger partial charge in [-0.05, 0) is 42.8 Å². The first kappa shape index (κ1) is 18.8. The Morgan fingerprint density at radius 2 is 1.85 bits per heavy atom. The van der Waals surface area contributed by atoms with Gasteiger partial charge >= 0.3 is 5.97 Å². The van der Waals surface area contributed by atoms with Gasteiger partial charge in [-0.1, -0.05) is 44.4 Å². The highest BCUT2D eigenvalue weighted by atomic mass is 19.1. The summed E-state index contributed by atoms with van der Waals surface area (Å²) >= 11 is 0. The lowest BCUT2D eigenvalue weighted by Crippen LogP contribution is -2.05. The number of ether oxygens (including phenoxy) is 2. The van der Waals surface area contributed by atoms with Crippen molar-refractivity contribution in [2.45, 2.75) is 32.6 Å². The predicted octanol–water partition coefficient (Wildman–Crippen LogP) is 5.13. The number of halogens is 1. The van der Waals surface area contributed by atoms with Gasteiger partial charge in [-0.25, -0.2) is 14.2 Å². The predicted molar refractivity (Wildman–Crippen MR) is 103 cm³/mol. The molecule has 0 atom stereocenters. The zero-order valence-corrected chi connectivity index (χ0v) is 15.3. The summed E-state index contributed by atoms with van der Waals surface area (Å²) in [6.07, 6.45) is 6.16. The Kier molecular flexibility index (Phi) is 6.36. The third kappa shape index (κ3) is 5.03. The van der Waals surface area contributed by atoms with E-state index < -0.39 is 5.97 Å². The molecule has 0 aliphatic carbocycles. The van der Waals surface area contributed by atoms with Gasteiger partial charge in [0.15, 0.2) is 5.70 Å². The first-order valence-corrected chi connectivity index (χ1v) is 9.17. The number of esters is 1. The first-order valence-electron chi connectivity index (χ1n) is 9.17. The number of benzene rings is 2. The maximum absolute atomic E-state index is 13.1. The van der Waals surface area contributed by atoms with Crippen LogP contribution in [0.1, 0.15) is 43.7 Å². The summed E-state index contributed by atoms with van der Waals surface area (Å²) in [5, 5.41) is 0. The van der Waals surface area contributed by atoms with Gasteiger partial charge in [0.25, 0.3) is 0 Å². The van der Waals surface area contributed by atoms with E-state index in [-0.39, 0.29) is 17.4 Å². The Morgan fingerprint density at radius 1 is 1.07 bits per heavy atom. The van der Waals surface area contributed by atoms with Crippen LogP contribution >= 0.6 is 0 Å². The summed E-state index contributed by atoms with van der Waals surface area (Å²) in [4.78, 5) is 16.4. The molecule has 0 aromatic heterocycles. The molecule has 27 heavy (non-hydrogen) atoms. The minimum Gasteiger partial charge on any atom is -0.493 e. The van der Waals surface area contributed by atoms with Gasteiger partial charge in [0.05, 0.1) is 6.61 Å². The molecule has 4 nitrogen and oxygen atoms in total. The second-order valence-corrected chi connectivity index (χ2v) is 6.29. The van der Waals surface area contributed by atoms with Crippen LogP contribution in [0.4, 0.5) is 4.39 Å². The zero-order valence-electron chi connectivity index (χ0n) is 15.3. The van der Waals surface area contributed by atoms with Gasteiger partial charge < -0.3 is 9.47 Å². The molecular formula is C22H22FNO3. The Hall–Kier alpha value is -2.95. The van der Waals surface area contributed by atoms with Crippen LogP contribution in [-0.4, -0.2) is 18.5 Å². The highest BCUT2D eigenvalue weighted by Gasteiger charge is 2.24. The van der Waals surface area contributed by atoms with Crippen LogP contribution in [0.25, 0.3) is 6.08 Å². The van der Waals surface area contributed by atoms with Crippen molar-refractivity contribution >= 4 is 17.9 Å². The van der Waals surface area contributed by atoms with E-state index in [0.717, 1.165) is 18.4 Å². The Morgan fingerprint density at radius 3 is 2.63 bits per heavy atom. The van der Waals surface area contributed by atoms with E-state index in [2.05, 4.69) is 11.9 Å². The summed E-state index contributed by atoms with van der Waals surface area (Å²) in [7, 11) is 0. The molecule has 0 saturated heterocycles. The van der Waals surface area contributed by atoms with Crippen molar-refractivity contribution < 1.29 is 18.7 Å². The van der Waals surface area contributed by atoms with Crippen molar-refractivity contribution in [2.75, 3.05) is 6.61 Å². The monoisotopic (exact) mass is 367 g/mol. The summed E-state index contributed by atoms with van der Waals surface area (Å²) in [5.41, 5.74) is 1.51. The SMILES string of the molecule is CCCCCCOc1ccccc1/C=C1/N=C(c2ccc(F)cc2)OC1=O. The van der Waals surface area contributed by atoms with E-state index >= 15 is 0 Å². The average molecular weight is 367 g/mol. The van der Waals surface area contributed by atoms with Gasteiger partial charge in [-0.15, -0.1) is 0 Å². The minimum absolute atomic E-state index is 0.171. The van der Waals surface area contributed by atoms with Crippen molar-refractivity contribution in [1.29, 1.82) is 0 Å². The Balaban J connectivity index is 1.75. The third-order valence-corrected chi connectivity index (χ3v) is 4.18. The summed E-state index contributed by atoms with van der Waals surface area (Å²) in [6.45, 7) is 2.80. The highest BCUT2D eigenvalue weighted by Crippen LogP contribution is 2.25. The lowest BCUT2D eigenvalue weighted by Gasteiger charge is -2.09. The topological polar surface area (TPSA) is 47.9 Å². The number of cyclic esters (lactones) is 1. The number of unbranched alkanes of at least 4 members (excludes halogenated alkanes) is 3. The second kappa shape index (κ2) is 9.12. The van der Waals surface area contributed by atoms with Gasteiger partial charge in [-0.3, -0.25) is 0 Å². The van der Waals surface area contributed by atoms with E-state index in [4.69, 9.17) is 9.47 Å². The Bertz CT molecular complexity index is 856. The quantitative estimate of drug-likeness (QED) is 0.369. The van der Waals surface area contributed by atoms with E-state index in [1.54, 1.807) is 6.08 Å². The van der Waals surface area contributed by atoms with Gasteiger partial charge in [0, 0.05) is 11.1 Å². The molecule has 0 bridgehead atoms. The fourth-order valence-corrected chi connectivity index (χ4v) is 2.71. The van der Waals surface area contributed by atoms with E-state index in [1.165, 1.54) is 37.1 Å². The molecule has 5 heteroatoms. The molecule has 0 spiro atoms. The fourth-order valence-electron chi connectivity index (χ4n) is 2.71. The molecule has 0 N–H and O–H groups in total. The van der Waals surface area contributed by atoms with Gasteiger partial charge in [-0.2, -0.15) is 0 Å². The lowest BCUT2D eigenvalue weighted by atomic mass is 10.1. The van der Waals surface area contributed by atoms with Crippen molar-refractivity contribution in [1.82, 2.24) is 0 Å². The summed E-state index contributed by atoms with van der Waals surface area (Å²) in [6, 6.07) is 13.2. The molecule has 0 fully saturated rings. The van der Waals surface area contributed by atoms with Crippen molar-refractivity contribution in [3.63, 3.8) is 0 Å². The largest absolute Gasteiger partial charge is 0.493 e. The van der Waals surface area contributed by atoms with Gasteiger partial charge in [0.1, 0.15) is 11.6 Å². The number of hydrogen-bond donors (Lipinski definition) is 0. The van der Waals surface area contributed by atoms with Crippen LogP contribution in [0.5, 0.6) is 5.75 Å². The molecule has 1 aliphatic heterocycles. The number of aliphatic imine (C=N–C) groups is 1. The molecule has 0 saturated carbocycles. The van der Waals surface area contributed by atoms with Crippen molar-refractivity contribution in [3.8, 4) is 5.75 Å². The number of para-hydroxylation sites is 1. The van der Waals surface area contributed by atoms with Crippen LogP contribution in [-0.2, 0) is 9.53 Å². The first-order chi connectivity index (χ1) is 13.2. The molecule has 2 aromatic carbocycles. The molecule has 0 amide bonds. The molecule has 2 aromatic rings. The Labute approximate surface area is 158 Å². The van der Waals surface area contributed by atoms with Crippen molar-refractivity contribution in [2.24, 2.45) is 4.99 Å². The number of nitrogens with zero attached hydrogens (tertiary/aromatic N) is 1. The van der Waals surface area contributed by atoms with Gasteiger partial charge in [0.2, 0.25) is 5.90 Å². The van der Waals surface area contributed by atoms with Crippen LogP contribution in [0.15, 0.2) is 59.2 Å². The van der Waals surface area contributed by atoms with Crippen molar-refractivity contribution in [3.05, 3.63) is 71.2 Å². The number of carbonyl (C=O) groups is 1. The highest BCUT2D eigenvalue weighted by molar-refractivity contribution is 6.12. The van der Waals surface area contributed by atoms with E-state index in [1.807, 2.05) is 24.3 Å². The molecule has 140 valence electrons. The second-order valence-electron chi connectivity index (χ2n) is 6.29. The third-order valence-electron chi connectivity index (χ3n) is 4.18. The van der Waals surface area contributed by atoms with E-state index in [0.29, 0.717) is 17.9 Å². The fraction of sp³-hybridized carbons (Fsp3) is 0.273. The average Bonchev–Trinajstić information content (AvgIpc) is 3.04. The lowest BCUT2D eigenvalue weighted by molar-refractivity contribution is -0.129. The molecule has 0 unspecified atom stereocenters. The van der Waals surface area contributed by atoms with Crippen LogP contribution in [0.2, 0.25) is 0 Å². The standard InChI is InChI=1S/C22H22FNO3/c1-2-3-4-7-14-26-20-9-6-5-8-17(20)15-19-22(25)27-21(24-19)16-10-12-18(23)13-11-16/h5-6,8-13,15H,2-4,7,14H2,1H3/b19-15+. The number of carbonyl (C=O) groups excluding carboxylic acids is 1. The molecule has 0 radical (unpaired) electrons. The summed E-state index contributed by atoms with van der Waals surface area (Å²) < 4.78 is 24.1.